The maximum Gasteiger partial charge on any atom is 0.358 e. The van der Waals surface area contributed by atoms with E-state index in [9.17, 15) is 9.59 Å². The van der Waals surface area contributed by atoms with Gasteiger partial charge in [0.05, 0.1) is 24.9 Å². The van der Waals surface area contributed by atoms with Crippen LogP contribution in [-0.2, 0) is 23.7 Å². The van der Waals surface area contributed by atoms with Crippen molar-refractivity contribution in [1.29, 1.82) is 0 Å². The molecule has 4 rings (SSSR count). The van der Waals surface area contributed by atoms with E-state index in [1.807, 2.05) is 18.2 Å². The second kappa shape index (κ2) is 11.6. The number of esters is 2. The number of carbonyl (C=O) groups is 2. The second-order valence-corrected chi connectivity index (χ2v) is 11.4. The monoisotopic (exact) mass is 530 g/mol. The molecule has 1 heterocycles. The Morgan fingerprint density at radius 3 is 2.59 bits per heavy atom. The summed E-state index contributed by atoms with van der Waals surface area (Å²) < 4.78 is 20.8. The van der Waals surface area contributed by atoms with Crippen molar-refractivity contribution in [1.82, 2.24) is 0 Å². The van der Waals surface area contributed by atoms with Crippen LogP contribution in [0.3, 0.4) is 0 Å². The fourth-order valence-electron chi connectivity index (χ4n) is 5.15. The summed E-state index contributed by atoms with van der Waals surface area (Å²) in [6, 6.07) is 8.95. The minimum absolute atomic E-state index is 0.0348. The second-order valence-electron chi connectivity index (χ2n) is 9.08. The Bertz CT molecular complexity index is 878. The molecular weight excluding hydrogens is 503 g/mol. The molecule has 2 aliphatic carbocycles. The molecule has 1 unspecified atom stereocenters. The summed E-state index contributed by atoms with van der Waals surface area (Å²) in [5.74, 6) is -0.696. The van der Waals surface area contributed by atoms with Crippen LogP contribution in [0.2, 0.25) is 0 Å². The van der Waals surface area contributed by atoms with E-state index in [-0.39, 0.29) is 36.8 Å². The van der Waals surface area contributed by atoms with Crippen LogP contribution in [0.15, 0.2) is 42.0 Å². The molecule has 1 aromatic carbocycles. The van der Waals surface area contributed by atoms with Crippen LogP contribution >= 0.6 is 34.8 Å². The van der Waals surface area contributed by atoms with Crippen LogP contribution in [0.1, 0.15) is 48.9 Å². The average Bonchev–Trinajstić information content (AvgIpc) is 3.35. The third-order valence-corrected chi connectivity index (χ3v) is 7.26. The molecule has 9 heteroatoms. The number of hydrogen-bond acceptors (Lipinski definition) is 6. The van der Waals surface area contributed by atoms with Gasteiger partial charge >= 0.3 is 11.9 Å². The van der Waals surface area contributed by atoms with Gasteiger partial charge in [-0.1, -0.05) is 64.7 Å². The van der Waals surface area contributed by atoms with Gasteiger partial charge in [-0.25, -0.2) is 9.59 Å². The Labute approximate surface area is 214 Å². The Morgan fingerprint density at radius 2 is 1.88 bits per heavy atom. The highest BCUT2D eigenvalue weighted by molar-refractivity contribution is 6.75. The fraction of sp³-hybridized carbons (Fsp3) is 0.600. The molecule has 5 atom stereocenters. The van der Waals surface area contributed by atoms with Crippen LogP contribution in [0.4, 0.5) is 0 Å². The molecule has 186 valence electrons. The maximum atomic E-state index is 12.2. The third-order valence-electron chi connectivity index (χ3n) is 6.80. The van der Waals surface area contributed by atoms with Gasteiger partial charge in [-0.3, -0.25) is 0 Å². The van der Waals surface area contributed by atoms with Crippen LogP contribution < -0.4 is 0 Å². The highest BCUT2D eigenvalue weighted by Crippen LogP contribution is 2.49. The van der Waals surface area contributed by atoms with E-state index in [1.165, 1.54) is 5.57 Å². The van der Waals surface area contributed by atoms with Crippen molar-refractivity contribution in [2.75, 3.05) is 19.8 Å². The van der Waals surface area contributed by atoms with Gasteiger partial charge in [-0.2, -0.15) is 0 Å². The number of ether oxygens (including phenoxy) is 4. The van der Waals surface area contributed by atoms with E-state index in [0.717, 1.165) is 32.1 Å². The molecule has 2 fully saturated rings. The van der Waals surface area contributed by atoms with Gasteiger partial charge in [0.2, 0.25) is 0 Å². The summed E-state index contributed by atoms with van der Waals surface area (Å²) in [5.41, 5.74) is 1.78. The van der Waals surface area contributed by atoms with E-state index in [4.69, 9.17) is 53.8 Å². The smallest absolute Gasteiger partial charge is 0.358 e. The zero-order chi connectivity index (χ0) is 24.1. The molecule has 1 saturated carbocycles. The van der Waals surface area contributed by atoms with Gasteiger partial charge in [0.15, 0.2) is 6.29 Å². The Hall–Kier alpha value is -1.31. The number of carbonyl (C=O) groups excluding carboxylic acids is 2. The first-order valence-corrected chi connectivity index (χ1v) is 12.9. The number of benzene rings is 1. The molecule has 34 heavy (non-hydrogen) atoms. The molecule has 3 aliphatic rings. The standard InChI is InChI=1S/C25H29Cl3O6/c26-25(27,28)24(30)33-15-20-19-13-16(9-11-32-23(29)17-6-2-1-3-7-17)12-18(19)14-21(20)34-22-8-4-5-10-31-22/h1-3,6-7,12,18-22H,4-5,8-11,13-15H2/t18-,19-,20+,21+,22?/m1/s1. The fourth-order valence-corrected chi connectivity index (χ4v) is 5.32. The minimum atomic E-state index is -2.11. The van der Waals surface area contributed by atoms with Gasteiger partial charge in [0, 0.05) is 18.9 Å². The molecule has 1 saturated heterocycles. The Morgan fingerprint density at radius 1 is 1.09 bits per heavy atom. The maximum absolute atomic E-state index is 12.2. The minimum Gasteiger partial charge on any atom is -0.462 e. The average molecular weight is 532 g/mol. The molecule has 0 aromatic heterocycles. The number of allylic oxidation sites excluding steroid dienone is 1. The summed E-state index contributed by atoms with van der Waals surface area (Å²) >= 11 is 17.0. The number of rotatable bonds is 8. The molecule has 0 radical (unpaired) electrons. The Balaban J connectivity index is 1.33. The molecule has 1 aromatic rings. The van der Waals surface area contributed by atoms with Gasteiger partial charge in [0.1, 0.15) is 0 Å². The highest BCUT2D eigenvalue weighted by Gasteiger charge is 2.48. The lowest BCUT2D eigenvalue weighted by Gasteiger charge is -2.30. The third kappa shape index (κ3) is 6.67. The number of halogens is 3. The van der Waals surface area contributed by atoms with Crippen LogP contribution in [0.25, 0.3) is 0 Å². The largest absolute Gasteiger partial charge is 0.462 e. The SMILES string of the molecule is O=C(OCCC1=C[C@@H]2C[C@H](OC3CCCCO3)[C@@H](COC(=O)C(Cl)(Cl)Cl)[C@@H]2C1)c1ccccc1. The van der Waals surface area contributed by atoms with Crippen LogP contribution in [0, 0.1) is 17.8 Å². The summed E-state index contributed by atoms with van der Waals surface area (Å²) in [5, 5.41) is 0. The van der Waals surface area contributed by atoms with E-state index >= 15 is 0 Å². The predicted molar refractivity (Wildman–Crippen MR) is 129 cm³/mol. The zero-order valence-electron chi connectivity index (χ0n) is 18.8. The molecule has 1 aliphatic heterocycles. The van der Waals surface area contributed by atoms with Crippen molar-refractivity contribution in [2.24, 2.45) is 17.8 Å². The first kappa shape index (κ1) is 25.8. The van der Waals surface area contributed by atoms with Gasteiger partial charge in [-0.05, 0) is 56.1 Å². The van der Waals surface area contributed by atoms with Crippen molar-refractivity contribution in [2.45, 2.75) is 54.7 Å². The summed E-state index contributed by atoms with van der Waals surface area (Å²) in [6.45, 7) is 1.14. The van der Waals surface area contributed by atoms with Crippen molar-refractivity contribution in [3.8, 4) is 0 Å². The van der Waals surface area contributed by atoms with Crippen molar-refractivity contribution >= 4 is 46.7 Å². The summed E-state index contributed by atoms with van der Waals surface area (Å²) in [4.78, 5) is 24.2. The first-order chi connectivity index (χ1) is 16.3. The zero-order valence-corrected chi connectivity index (χ0v) is 21.1. The van der Waals surface area contributed by atoms with E-state index < -0.39 is 9.76 Å². The van der Waals surface area contributed by atoms with E-state index in [0.29, 0.717) is 31.1 Å². The van der Waals surface area contributed by atoms with Gasteiger partial charge in [0.25, 0.3) is 3.79 Å². The molecule has 0 spiro atoms. The van der Waals surface area contributed by atoms with Crippen molar-refractivity contribution in [3.63, 3.8) is 0 Å². The topological polar surface area (TPSA) is 71.1 Å². The lowest BCUT2D eigenvalue weighted by molar-refractivity contribution is -0.199. The van der Waals surface area contributed by atoms with E-state index in [2.05, 4.69) is 6.08 Å². The first-order valence-electron chi connectivity index (χ1n) is 11.7. The number of alkyl halides is 3. The molecule has 0 bridgehead atoms. The predicted octanol–water partition coefficient (Wildman–Crippen LogP) is 5.64. The normalized spacial score (nSPS) is 28.8. The van der Waals surface area contributed by atoms with Gasteiger partial charge < -0.3 is 18.9 Å². The molecule has 0 amide bonds. The van der Waals surface area contributed by atoms with Crippen molar-refractivity contribution in [3.05, 3.63) is 47.5 Å². The number of fused-ring (bicyclic) bond motifs is 1. The van der Waals surface area contributed by atoms with Crippen molar-refractivity contribution < 1.29 is 28.5 Å². The Kier molecular flexibility index (Phi) is 8.81. The van der Waals surface area contributed by atoms with Gasteiger partial charge in [-0.15, -0.1) is 0 Å². The molecule has 6 nitrogen and oxygen atoms in total. The quantitative estimate of drug-likeness (QED) is 0.246. The lowest BCUT2D eigenvalue weighted by Crippen LogP contribution is -2.35. The van der Waals surface area contributed by atoms with Crippen LogP contribution in [-0.4, -0.2) is 47.9 Å². The number of hydrogen-bond donors (Lipinski definition) is 0. The summed E-state index contributed by atoms with van der Waals surface area (Å²) in [6.07, 6.45) is 7.21. The lowest BCUT2D eigenvalue weighted by atomic mass is 9.90. The van der Waals surface area contributed by atoms with Crippen LogP contribution in [0.5, 0.6) is 0 Å². The highest BCUT2D eigenvalue weighted by atomic mass is 35.6. The molecular formula is C25H29Cl3O6. The van der Waals surface area contributed by atoms with E-state index in [1.54, 1.807) is 12.1 Å². The summed E-state index contributed by atoms with van der Waals surface area (Å²) in [7, 11) is 0. The molecule has 0 N–H and O–H groups in total.